The Balaban J connectivity index is 1.60. The maximum atomic E-state index is 14.6. The van der Waals surface area contributed by atoms with E-state index in [1.165, 1.54) is 10.9 Å². The first kappa shape index (κ1) is 25.4. The Kier molecular flexibility index (Phi) is 6.62. The summed E-state index contributed by atoms with van der Waals surface area (Å²) in [5.74, 6) is -4.41. The van der Waals surface area contributed by atoms with Gasteiger partial charge in [0.15, 0.2) is 11.5 Å². The van der Waals surface area contributed by atoms with Gasteiger partial charge >= 0.3 is 6.18 Å². The van der Waals surface area contributed by atoms with Crippen molar-refractivity contribution in [2.45, 2.75) is 38.4 Å². The number of hydrogen-bond acceptors (Lipinski definition) is 7. The van der Waals surface area contributed by atoms with Crippen LogP contribution in [0.2, 0.25) is 0 Å². The van der Waals surface area contributed by atoms with E-state index in [4.69, 9.17) is 0 Å². The van der Waals surface area contributed by atoms with E-state index < -0.39 is 48.5 Å². The number of hydrogen-bond donors (Lipinski definition) is 1. The zero-order valence-corrected chi connectivity index (χ0v) is 19.6. The van der Waals surface area contributed by atoms with Gasteiger partial charge in [0.05, 0.1) is 23.7 Å². The van der Waals surface area contributed by atoms with Crippen LogP contribution in [0.15, 0.2) is 31.0 Å². The number of alkyl halides is 5. The minimum atomic E-state index is -4.59. The van der Waals surface area contributed by atoms with E-state index in [1.54, 1.807) is 33.3 Å². The number of aryl methyl sites for hydroxylation is 2. The van der Waals surface area contributed by atoms with Crippen LogP contribution in [0.1, 0.15) is 35.0 Å². The third-order valence-corrected chi connectivity index (χ3v) is 5.84. The zero-order chi connectivity index (χ0) is 26.3. The zero-order valence-electron chi connectivity index (χ0n) is 19.6. The van der Waals surface area contributed by atoms with Gasteiger partial charge in [-0.1, -0.05) is 6.92 Å². The first-order chi connectivity index (χ1) is 16.8. The van der Waals surface area contributed by atoms with Crippen molar-refractivity contribution in [3.05, 3.63) is 47.8 Å². The lowest BCUT2D eigenvalue weighted by Crippen LogP contribution is -2.57. The molecule has 0 bridgehead atoms. The highest BCUT2D eigenvalue weighted by molar-refractivity contribution is 5.98. The SMILES string of the molecule is Cc1cnc(-c2cn(C)nc2C(=O)N2CC(F)(F)C[C@@H](C)[C@H]2CNc2ncc(C(F)(F)F)cn2)nc1. The van der Waals surface area contributed by atoms with Gasteiger partial charge in [-0.15, -0.1) is 0 Å². The Labute approximate surface area is 202 Å². The maximum Gasteiger partial charge on any atom is 0.419 e. The lowest BCUT2D eigenvalue weighted by atomic mass is 9.88. The minimum Gasteiger partial charge on any atom is -0.352 e. The Morgan fingerprint density at radius 1 is 1.14 bits per heavy atom. The average Bonchev–Trinajstić information content (AvgIpc) is 3.19. The van der Waals surface area contributed by atoms with Crippen LogP contribution in [0.5, 0.6) is 0 Å². The van der Waals surface area contributed by atoms with Crippen LogP contribution in [0.3, 0.4) is 0 Å². The number of halogens is 5. The second-order valence-corrected chi connectivity index (χ2v) is 8.86. The number of rotatable bonds is 5. The molecule has 0 aromatic carbocycles. The largest absolute Gasteiger partial charge is 0.419 e. The molecule has 3 aromatic heterocycles. The Morgan fingerprint density at radius 3 is 2.39 bits per heavy atom. The summed E-state index contributed by atoms with van der Waals surface area (Å²) in [7, 11) is 1.59. The highest BCUT2D eigenvalue weighted by Crippen LogP contribution is 2.36. The average molecular weight is 510 g/mol. The van der Waals surface area contributed by atoms with Crippen molar-refractivity contribution in [3.8, 4) is 11.4 Å². The molecule has 0 unspecified atom stereocenters. The lowest BCUT2D eigenvalue weighted by molar-refractivity contribution is -0.138. The molecule has 1 aliphatic heterocycles. The normalized spacial score (nSPS) is 19.8. The van der Waals surface area contributed by atoms with Crippen molar-refractivity contribution < 1.29 is 26.7 Å². The standard InChI is InChI=1S/C22H23F5N8O/c1-12-5-28-18(29-6-12)15-10-34(3)33-17(15)19(36)35-11-21(23,24)4-13(2)16(35)9-32-20-30-7-14(8-31-20)22(25,26)27/h5-8,10,13,16H,4,9,11H2,1-3H3,(H,30,31,32)/t13-,16-/m1/s1. The van der Waals surface area contributed by atoms with E-state index in [1.807, 2.05) is 0 Å². The Bertz CT molecular complexity index is 1230. The molecular formula is C22H23F5N8O. The predicted molar refractivity (Wildman–Crippen MR) is 118 cm³/mol. The topological polar surface area (TPSA) is 102 Å². The Morgan fingerprint density at radius 2 is 1.78 bits per heavy atom. The fourth-order valence-electron chi connectivity index (χ4n) is 4.12. The van der Waals surface area contributed by atoms with Gasteiger partial charge < -0.3 is 10.2 Å². The van der Waals surface area contributed by atoms with Crippen LogP contribution < -0.4 is 5.32 Å². The predicted octanol–water partition coefficient (Wildman–Crippen LogP) is 3.59. The van der Waals surface area contributed by atoms with Gasteiger partial charge in [0.25, 0.3) is 11.8 Å². The highest BCUT2D eigenvalue weighted by Gasteiger charge is 2.47. The number of anilines is 1. The van der Waals surface area contributed by atoms with Gasteiger partial charge in [0.2, 0.25) is 5.95 Å². The first-order valence-electron chi connectivity index (χ1n) is 11.0. The van der Waals surface area contributed by atoms with Crippen molar-refractivity contribution >= 4 is 11.9 Å². The number of carbonyl (C=O) groups is 1. The molecule has 1 N–H and O–H groups in total. The van der Waals surface area contributed by atoms with E-state index in [0.717, 1.165) is 10.5 Å². The van der Waals surface area contributed by atoms with Gasteiger partial charge in [-0.25, -0.2) is 28.7 Å². The number of nitrogens with one attached hydrogen (secondary N) is 1. The molecule has 4 heterocycles. The number of carbonyl (C=O) groups excluding carboxylic acids is 1. The van der Waals surface area contributed by atoms with Gasteiger partial charge in [-0.2, -0.15) is 18.3 Å². The molecule has 36 heavy (non-hydrogen) atoms. The quantitative estimate of drug-likeness (QED) is 0.524. The van der Waals surface area contributed by atoms with Crippen LogP contribution in [-0.4, -0.2) is 65.6 Å². The molecule has 0 aliphatic carbocycles. The lowest BCUT2D eigenvalue weighted by Gasteiger charge is -2.43. The van der Waals surface area contributed by atoms with E-state index >= 15 is 0 Å². The third kappa shape index (κ3) is 5.41. The van der Waals surface area contributed by atoms with Crippen molar-refractivity contribution in [2.75, 3.05) is 18.4 Å². The fraction of sp³-hybridized carbons (Fsp3) is 0.455. The Hall–Kier alpha value is -3.71. The molecule has 192 valence electrons. The number of aromatic nitrogens is 6. The molecular weight excluding hydrogens is 487 g/mol. The van der Waals surface area contributed by atoms with Crippen molar-refractivity contribution in [1.82, 2.24) is 34.6 Å². The summed E-state index contributed by atoms with van der Waals surface area (Å²) in [6.07, 6.45) is 0.860. The summed E-state index contributed by atoms with van der Waals surface area (Å²) < 4.78 is 68.8. The van der Waals surface area contributed by atoms with E-state index in [9.17, 15) is 26.7 Å². The molecule has 1 fully saturated rings. The molecule has 0 spiro atoms. The molecule has 3 aromatic rings. The van der Waals surface area contributed by atoms with Gasteiger partial charge in [-0.05, 0) is 18.4 Å². The minimum absolute atomic E-state index is 0.0580. The van der Waals surface area contributed by atoms with E-state index in [0.29, 0.717) is 18.0 Å². The van der Waals surface area contributed by atoms with Crippen LogP contribution in [0.25, 0.3) is 11.4 Å². The summed E-state index contributed by atoms with van der Waals surface area (Å²) in [6.45, 7) is 2.47. The van der Waals surface area contributed by atoms with E-state index in [-0.39, 0.29) is 24.0 Å². The second-order valence-electron chi connectivity index (χ2n) is 8.86. The van der Waals surface area contributed by atoms with Gasteiger partial charge in [0, 0.05) is 51.0 Å². The molecule has 1 aliphatic rings. The van der Waals surface area contributed by atoms with Crippen molar-refractivity contribution in [3.63, 3.8) is 0 Å². The third-order valence-electron chi connectivity index (χ3n) is 5.84. The van der Waals surface area contributed by atoms with Crippen LogP contribution >= 0.6 is 0 Å². The van der Waals surface area contributed by atoms with Crippen LogP contribution in [0.4, 0.5) is 27.9 Å². The van der Waals surface area contributed by atoms with Crippen LogP contribution in [0, 0.1) is 12.8 Å². The number of nitrogens with zero attached hydrogens (tertiary/aromatic N) is 7. The summed E-state index contributed by atoms with van der Waals surface area (Å²) >= 11 is 0. The van der Waals surface area contributed by atoms with Gasteiger partial charge in [0.1, 0.15) is 0 Å². The first-order valence-corrected chi connectivity index (χ1v) is 11.0. The molecule has 9 nitrogen and oxygen atoms in total. The molecule has 2 atom stereocenters. The highest BCUT2D eigenvalue weighted by atomic mass is 19.4. The summed E-state index contributed by atoms with van der Waals surface area (Å²) in [4.78, 5) is 30.3. The van der Waals surface area contributed by atoms with Gasteiger partial charge in [-0.3, -0.25) is 9.48 Å². The number of amides is 1. The van der Waals surface area contributed by atoms with Crippen molar-refractivity contribution in [1.29, 1.82) is 0 Å². The van der Waals surface area contributed by atoms with E-state index in [2.05, 4.69) is 30.4 Å². The summed E-state index contributed by atoms with van der Waals surface area (Å²) in [5, 5.41) is 6.96. The van der Waals surface area contributed by atoms with Crippen molar-refractivity contribution in [2.24, 2.45) is 13.0 Å². The summed E-state index contributed by atoms with van der Waals surface area (Å²) in [5.41, 5.74) is -0.00275. The molecule has 4 rings (SSSR count). The molecule has 14 heteroatoms. The monoisotopic (exact) mass is 510 g/mol. The smallest absolute Gasteiger partial charge is 0.352 e. The fourth-order valence-corrected chi connectivity index (χ4v) is 4.12. The number of likely N-dealkylation sites (tertiary alicyclic amines) is 1. The molecule has 0 radical (unpaired) electrons. The molecule has 0 saturated carbocycles. The molecule has 1 saturated heterocycles. The van der Waals surface area contributed by atoms with Crippen LogP contribution in [-0.2, 0) is 13.2 Å². The molecule has 1 amide bonds. The summed E-state index contributed by atoms with van der Waals surface area (Å²) in [6, 6.07) is -0.739. The number of piperidine rings is 1. The maximum absolute atomic E-state index is 14.6. The second kappa shape index (κ2) is 9.39.